The van der Waals surface area contributed by atoms with Crippen LogP contribution in [0.15, 0.2) is 42.6 Å². The Balaban J connectivity index is 1.86. The van der Waals surface area contributed by atoms with Gasteiger partial charge < -0.3 is 9.30 Å². The summed E-state index contributed by atoms with van der Waals surface area (Å²) in [6.45, 7) is 4.14. The van der Waals surface area contributed by atoms with E-state index in [1.807, 2.05) is 13.1 Å². The van der Waals surface area contributed by atoms with E-state index in [0.29, 0.717) is 0 Å². The molecule has 0 saturated heterocycles. The molecule has 0 bridgehead atoms. The molecule has 1 N–H and O–H groups in total. The van der Waals surface area contributed by atoms with E-state index >= 15 is 0 Å². The molecule has 5 nitrogen and oxygen atoms in total. The first-order valence-electron chi connectivity index (χ1n) is 8.20. The van der Waals surface area contributed by atoms with Crippen LogP contribution in [-0.4, -0.2) is 27.1 Å². The van der Waals surface area contributed by atoms with Crippen LogP contribution in [0, 0.1) is 13.8 Å². The molecule has 25 heavy (non-hydrogen) atoms. The first-order valence-corrected chi connectivity index (χ1v) is 8.20. The predicted octanol–water partition coefficient (Wildman–Crippen LogP) is 4.26. The second-order valence-electron chi connectivity index (χ2n) is 6.36. The summed E-state index contributed by atoms with van der Waals surface area (Å²) in [6, 6.07) is 12.6. The lowest BCUT2D eigenvalue weighted by molar-refractivity contribution is 0.411. The Hall–Kier alpha value is -3.08. The zero-order valence-electron chi connectivity index (χ0n) is 14.8. The minimum atomic E-state index is 0.830. The van der Waals surface area contributed by atoms with Crippen molar-refractivity contribution >= 4 is 10.9 Å². The minimum Gasteiger partial charge on any atom is -0.496 e. The van der Waals surface area contributed by atoms with Crippen LogP contribution in [0.25, 0.3) is 33.4 Å². The standard InChI is InChI=1S/C20H20N4O/c1-12-9-16(11-18(25-4)13(12)2)20-19(21-23-22-20)15-5-6-17-14(10-15)7-8-24(17)3/h5-11H,1-4H3,(H,21,22,23). The molecule has 0 saturated carbocycles. The van der Waals surface area contributed by atoms with Gasteiger partial charge in [-0.05, 0) is 55.3 Å². The molecule has 126 valence electrons. The molecule has 0 aliphatic heterocycles. The molecule has 0 aliphatic rings. The SMILES string of the molecule is COc1cc(-c2nn[nH]c2-c2ccc3c(ccn3C)c2)cc(C)c1C. The van der Waals surface area contributed by atoms with Crippen molar-refractivity contribution in [1.82, 2.24) is 20.0 Å². The number of H-pyrrole nitrogens is 1. The normalized spacial score (nSPS) is 11.2. The number of aryl methyl sites for hydroxylation is 2. The van der Waals surface area contributed by atoms with Crippen LogP contribution in [0.1, 0.15) is 11.1 Å². The van der Waals surface area contributed by atoms with Gasteiger partial charge in [-0.15, -0.1) is 5.10 Å². The van der Waals surface area contributed by atoms with Gasteiger partial charge in [-0.1, -0.05) is 11.3 Å². The van der Waals surface area contributed by atoms with Crippen molar-refractivity contribution in [3.63, 3.8) is 0 Å². The summed E-state index contributed by atoms with van der Waals surface area (Å²) in [5.74, 6) is 0.863. The lowest BCUT2D eigenvalue weighted by Crippen LogP contribution is -1.93. The fourth-order valence-corrected chi connectivity index (χ4v) is 3.24. The van der Waals surface area contributed by atoms with Crippen LogP contribution < -0.4 is 4.74 Å². The smallest absolute Gasteiger partial charge is 0.122 e. The van der Waals surface area contributed by atoms with Gasteiger partial charge in [0.05, 0.1) is 12.8 Å². The molecule has 0 amide bonds. The summed E-state index contributed by atoms with van der Waals surface area (Å²) in [5, 5.41) is 12.6. The van der Waals surface area contributed by atoms with Crippen LogP contribution in [-0.2, 0) is 7.05 Å². The van der Waals surface area contributed by atoms with Crippen LogP contribution >= 0.6 is 0 Å². The molecule has 2 heterocycles. The van der Waals surface area contributed by atoms with Gasteiger partial charge in [0, 0.05) is 35.3 Å². The van der Waals surface area contributed by atoms with Crippen molar-refractivity contribution in [1.29, 1.82) is 0 Å². The Morgan fingerprint density at radius 2 is 1.88 bits per heavy atom. The highest BCUT2D eigenvalue weighted by molar-refractivity contribution is 5.88. The fourth-order valence-electron chi connectivity index (χ4n) is 3.24. The largest absolute Gasteiger partial charge is 0.496 e. The van der Waals surface area contributed by atoms with E-state index in [1.54, 1.807) is 7.11 Å². The first kappa shape index (κ1) is 15.4. The average molecular weight is 332 g/mol. The molecule has 4 aromatic rings. The van der Waals surface area contributed by atoms with Gasteiger partial charge in [-0.3, -0.25) is 5.10 Å². The van der Waals surface area contributed by atoms with Gasteiger partial charge in [0.1, 0.15) is 11.4 Å². The monoisotopic (exact) mass is 332 g/mol. The van der Waals surface area contributed by atoms with E-state index < -0.39 is 0 Å². The second-order valence-corrected chi connectivity index (χ2v) is 6.36. The van der Waals surface area contributed by atoms with Crippen molar-refractivity contribution in [2.75, 3.05) is 7.11 Å². The quantitative estimate of drug-likeness (QED) is 0.610. The van der Waals surface area contributed by atoms with E-state index in [9.17, 15) is 0 Å². The van der Waals surface area contributed by atoms with Gasteiger partial charge in [0.2, 0.25) is 0 Å². The molecule has 2 aromatic carbocycles. The molecule has 0 atom stereocenters. The Bertz CT molecular complexity index is 1070. The van der Waals surface area contributed by atoms with E-state index in [-0.39, 0.29) is 0 Å². The number of rotatable bonds is 3. The number of methoxy groups -OCH3 is 1. The first-order chi connectivity index (χ1) is 12.1. The van der Waals surface area contributed by atoms with Gasteiger partial charge in [0.25, 0.3) is 0 Å². The maximum Gasteiger partial charge on any atom is 0.122 e. The summed E-state index contributed by atoms with van der Waals surface area (Å²) in [5.41, 5.74) is 7.31. The van der Waals surface area contributed by atoms with E-state index in [0.717, 1.165) is 33.8 Å². The van der Waals surface area contributed by atoms with Gasteiger partial charge in [0.15, 0.2) is 0 Å². The number of nitrogens with one attached hydrogen (secondary N) is 1. The minimum absolute atomic E-state index is 0.830. The fraction of sp³-hybridized carbons (Fsp3) is 0.200. The Kier molecular flexibility index (Phi) is 3.57. The number of aromatic amines is 1. The molecule has 5 heteroatoms. The lowest BCUT2D eigenvalue weighted by atomic mass is 9.99. The molecule has 0 radical (unpaired) electrons. The van der Waals surface area contributed by atoms with Crippen molar-refractivity contribution in [2.24, 2.45) is 7.05 Å². The lowest BCUT2D eigenvalue weighted by Gasteiger charge is -2.11. The highest BCUT2D eigenvalue weighted by atomic mass is 16.5. The van der Waals surface area contributed by atoms with E-state index in [1.165, 1.54) is 16.5 Å². The Labute approximate surface area is 146 Å². The van der Waals surface area contributed by atoms with Gasteiger partial charge in [-0.2, -0.15) is 0 Å². The number of hydrogen-bond donors (Lipinski definition) is 1. The van der Waals surface area contributed by atoms with Crippen molar-refractivity contribution in [3.8, 4) is 28.3 Å². The van der Waals surface area contributed by atoms with Crippen molar-refractivity contribution in [2.45, 2.75) is 13.8 Å². The zero-order chi connectivity index (χ0) is 17.6. The third-order valence-corrected chi connectivity index (χ3v) is 4.84. The predicted molar refractivity (Wildman–Crippen MR) is 99.8 cm³/mol. The van der Waals surface area contributed by atoms with Crippen molar-refractivity contribution < 1.29 is 4.74 Å². The third-order valence-electron chi connectivity index (χ3n) is 4.84. The third kappa shape index (κ3) is 2.48. The average Bonchev–Trinajstić information content (AvgIpc) is 3.24. The molecule has 4 rings (SSSR count). The molecular weight excluding hydrogens is 312 g/mol. The zero-order valence-corrected chi connectivity index (χ0v) is 14.8. The Morgan fingerprint density at radius 3 is 2.68 bits per heavy atom. The maximum absolute atomic E-state index is 5.51. The molecular formula is C20H20N4O. The van der Waals surface area contributed by atoms with Crippen LogP contribution in [0.3, 0.4) is 0 Å². The van der Waals surface area contributed by atoms with E-state index in [4.69, 9.17) is 4.74 Å². The summed E-state index contributed by atoms with van der Waals surface area (Å²) < 4.78 is 7.62. The highest BCUT2D eigenvalue weighted by Crippen LogP contribution is 2.34. The molecule has 0 unspecified atom stereocenters. The number of nitrogens with zero attached hydrogens (tertiary/aromatic N) is 3. The van der Waals surface area contributed by atoms with Crippen molar-refractivity contribution in [3.05, 3.63) is 53.7 Å². The highest BCUT2D eigenvalue weighted by Gasteiger charge is 2.15. The van der Waals surface area contributed by atoms with Crippen LogP contribution in [0.5, 0.6) is 5.75 Å². The number of hydrogen-bond acceptors (Lipinski definition) is 3. The number of aromatic nitrogens is 4. The van der Waals surface area contributed by atoms with Gasteiger partial charge >= 0.3 is 0 Å². The number of benzene rings is 2. The Morgan fingerprint density at radius 1 is 1.04 bits per heavy atom. The molecule has 0 spiro atoms. The van der Waals surface area contributed by atoms with Crippen LogP contribution in [0.4, 0.5) is 0 Å². The van der Waals surface area contributed by atoms with Gasteiger partial charge in [-0.25, -0.2) is 0 Å². The molecule has 0 fully saturated rings. The summed E-state index contributed by atoms with van der Waals surface area (Å²) in [7, 11) is 3.74. The molecule has 0 aliphatic carbocycles. The number of ether oxygens (including phenoxy) is 1. The number of fused-ring (bicyclic) bond motifs is 1. The summed E-state index contributed by atoms with van der Waals surface area (Å²) in [6.07, 6.45) is 2.06. The summed E-state index contributed by atoms with van der Waals surface area (Å²) >= 11 is 0. The maximum atomic E-state index is 5.51. The summed E-state index contributed by atoms with van der Waals surface area (Å²) in [4.78, 5) is 0. The van der Waals surface area contributed by atoms with Crippen LogP contribution in [0.2, 0.25) is 0 Å². The topological polar surface area (TPSA) is 55.7 Å². The second kappa shape index (κ2) is 5.77. The van der Waals surface area contributed by atoms with E-state index in [2.05, 4.69) is 70.4 Å². The molecule has 2 aromatic heterocycles.